The molecule has 2 rings (SSSR count). The van der Waals surface area contributed by atoms with Gasteiger partial charge in [0.05, 0.1) is 4.47 Å². The van der Waals surface area contributed by atoms with Gasteiger partial charge in [0.25, 0.3) is 0 Å². The molecule has 1 aromatic carbocycles. The first-order valence-electron chi connectivity index (χ1n) is 5.67. The number of halogens is 3. The van der Waals surface area contributed by atoms with E-state index in [1.54, 1.807) is 6.92 Å². The molecule has 0 bridgehead atoms. The summed E-state index contributed by atoms with van der Waals surface area (Å²) in [5, 5.41) is 0.361. The van der Waals surface area contributed by atoms with Gasteiger partial charge >= 0.3 is 0 Å². The van der Waals surface area contributed by atoms with Crippen LogP contribution < -0.4 is 4.74 Å². The Morgan fingerprint density at radius 3 is 2.74 bits per heavy atom. The van der Waals surface area contributed by atoms with Crippen molar-refractivity contribution >= 4 is 27.5 Å². The lowest BCUT2D eigenvalue weighted by atomic mass is 10.3. The molecule has 0 saturated heterocycles. The molecule has 0 amide bonds. The minimum Gasteiger partial charge on any atom is -0.437 e. The first-order valence-corrected chi connectivity index (χ1v) is 6.84. The van der Waals surface area contributed by atoms with Gasteiger partial charge in [0, 0.05) is 12.0 Å². The molecule has 100 valence electrons. The van der Waals surface area contributed by atoms with Crippen LogP contribution in [0.3, 0.4) is 0 Å². The first kappa shape index (κ1) is 14.2. The Morgan fingerprint density at radius 2 is 2.11 bits per heavy atom. The highest BCUT2D eigenvalue weighted by Gasteiger charge is 2.12. The molecule has 0 aliphatic heterocycles. The molecule has 0 aliphatic rings. The third kappa shape index (κ3) is 3.22. The molecule has 6 heteroatoms. The topological polar surface area (TPSA) is 35.0 Å². The van der Waals surface area contributed by atoms with Gasteiger partial charge in [-0.25, -0.2) is 9.37 Å². The Labute approximate surface area is 123 Å². The van der Waals surface area contributed by atoms with Crippen molar-refractivity contribution in [2.45, 2.75) is 20.3 Å². The molecular formula is C13H11BrClFN2O. The Morgan fingerprint density at radius 1 is 1.37 bits per heavy atom. The van der Waals surface area contributed by atoms with Crippen molar-refractivity contribution in [2.24, 2.45) is 0 Å². The second-order valence-corrected chi connectivity index (χ2v) is 5.10. The SMILES string of the molecule is CCc1nc(Cl)c(C)c(Oc2ccc(F)cc2Br)n1. The molecular weight excluding hydrogens is 335 g/mol. The molecule has 0 radical (unpaired) electrons. The second kappa shape index (κ2) is 5.84. The van der Waals surface area contributed by atoms with E-state index in [1.165, 1.54) is 18.2 Å². The standard InChI is InChI=1S/C13H11BrClFN2O/c1-3-11-17-12(15)7(2)13(18-11)19-10-5-4-8(16)6-9(10)14/h4-6H,3H2,1-2H3. The number of nitrogens with zero attached hydrogens (tertiary/aromatic N) is 2. The van der Waals surface area contributed by atoms with Crippen LogP contribution in [-0.2, 0) is 6.42 Å². The predicted octanol–water partition coefficient (Wildman–Crippen LogP) is 4.69. The third-order valence-corrected chi connectivity index (χ3v) is 3.49. The lowest BCUT2D eigenvalue weighted by Gasteiger charge is -2.11. The van der Waals surface area contributed by atoms with Gasteiger partial charge in [-0.15, -0.1) is 0 Å². The molecule has 0 unspecified atom stereocenters. The van der Waals surface area contributed by atoms with Gasteiger partial charge in [0.2, 0.25) is 5.88 Å². The average Bonchev–Trinajstić information content (AvgIpc) is 2.37. The fraction of sp³-hybridized carbons (Fsp3) is 0.231. The highest BCUT2D eigenvalue weighted by atomic mass is 79.9. The summed E-state index contributed by atoms with van der Waals surface area (Å²) in [7, 11) is 0. The van der Waals surface area contributed by atoms with Crippen LogP contribution in [0.15, 0.2) is 22.7 Å². The van der Waals surface area contributed by atoms with E-state index in [0.29, 0.717) is 39.1 Å². The van der Waals surface area contributed by atoms with E-state index < -0.39 is 0 Å². The second-order valence-electron chi connectivity index (χ2n) is 3.89. The van der Waals surface area contributed by atoms with E-state index in [-0.39, 0.29) is 5.82 Å². The van der Waals surface area contributed by atoms with Crippen LogP contribution in [0.2, 0.25) is 5.15 Å². The minimum atomic E-state index is -0.342. The van der Waals surface area contributed by atoms with E-state index in [4.69, 9.17) is 16.3 Å². The number of hydrogen-bond donors (Lipinski definition) is 0. The molecule has 1 aromatic heterocycles. The van der Waals surface area contributed by atoms with Crippen LogP contribution in [0.1, 0.15) is 18.3 Å². The molecule has 2 aromatic rings. The number of aromatic nitrogens is 2. The van der Waals surface area contributed by atoms with Crippen molar-refractivity contribution in [1.82, 2.24) is 9.97 Å². The summed E-state index contributed by atoms with van der Waals surface area (Å²) in [6, 6.07) is 4.17. The van der Waals surface area contributed by atoms with Crippen molar-refractivity contribution in [2.75, 3.05) is 0 Å². The van der Waals surface area contributed by atoms with Crippen molar-refractivity contribution in [3.8, 4) is 11.6 Å². The lowest BCUT2D eigenvalue weighted by Crippen LogP contribution is -2.00. The maximum Gasteiger partial charge on any atom is 0.227 e. The van der Waals surface area contributed by atoms with Crippen molar-refractivity contribution in [1.29, 1.82) is 0 Å². The Kier molecular flexibility index (Phi) is 4.37. The maximum atomic E-state index is 13.0. The summed E-state index contributed by atoms with van der Waals surface area (Å²) in [4.78, 5) is 8.41. The fourth-order valence-electron chi connectivity index (χ4n) is 1.43. The zero-order valence-electron chi connectivity index (χ0n) is 10.4. The van der Waals surface area contributed by atoms with Gasteiger partial charge in [-0.05, 0) is 41.1 Å². The van der Waals surface area contributed by atoms with E-state index in [2.05, 4.69) is 25.9 Å². The largest absolute Gasteiger partial charge is 0.437 e. The quantitative estimate of drug-likeness (QED) is 0.757. The predicted molar refractivity (Wildman–Crippen MR) is 75.3 cm³/mol. The number of ether oxygens (including phenoxy) is 1. The van der Waals surface area contributed by atoms with E-state index >= 15 is 0 Å². The minimum absolute atomic E-state index is 0.342. The van der Waals surface area contributed by atoms with Crippen molar-refractivity contribution < 1.29 is 9.13 Å². The summed E-state index contributed by atoms with van der Waals surface area (Å²) in [5.74, 6) is 1.11. The fourth-order valence-corrected chi connectivity index (χ4v) is 2.04. The van der Waals surface area contributed by atoms with Gasteiger partial charge in [-0.3, -0.25) is 0 Å². The monoisotopic (exact) mass is 344 g/mol. The van der Waals surface area contributed by atoms with E-state index in [1.807, 2.05) is 6.92 Å². The molecule has 0 fully saturated rings. The maximum absolute atomic E-state index is 13.0. The third-order valence-electron chi connectivity index (χ3n) is 2.50. The zero-order valence-corrected chi connectivity index (χ0v) is 12.7. The van der Waals surface area contributed by atoms with Crippen LogP contribution in [-0.4, -0.2) is 9.97 Å². The van der Waals surface area contributed by atoms with Crippen LogP contribution in [0, 0.1) is 12.7 Å². The summed E-state index contributed by atoms with van der Waals surface area (Å²) >= 11 is 9.27. The van der Waals surface area contributed by atoms with Gasteiger partial charge in [0.15, 0.2) is 0 Å². The lowest BCUT2D eigenvalue weighted by molar-refractivity contribution is 0.450. The van der Waals surface area contributed by atoms with Crippen LogP contribution in [0.25, 0.3) is 0 Å². The number of rotatable bonds is 3. The Hall–Kier alpha value is -1.20. The molecule has 0 saturated carbocycles. The number of aryl methyl sites for hydroxylation is 1. The zero-order chi connectivity index (χ0) is 14.0. The summed E-state index contributed by atoms with van der Waals surface area (Å²) in [6.07, 6.45) is 0.654. The van der Waals surface area contributed by atoms with Crippen LogP contribution in [0.4, 0.5) is 4.39 Å². The molecule has 0 N–H and O–H groups in total. The summed E-state index contributed by atoms with van der Waals surface area (Å²) in [5.41, 5.74) is 0.648. The van der Waals surface area contributed by atoms with Gasteiger partial charge in [0.1, 0.15) is 22.5 Å². The normalized spacial score (nSPS) is 10.6. The molecule has 0 atom stereocenters. The van der Waals surface area contributed by atoms with Gasteiger partial charge in [-0.2, -0.15) is 4.98 Å². The molecule has 3 nitrogen and oxygen atoms in total. The highest BCUT2D eigenvalue weighted by Crippen LogP contribution is 2.32. The Bertz CT molecular complexity index is 622. The molecule has 0 aliphatic carbocycles. The smallest absolute Gasteiger partial charge is 0.227 e. The Balaban J connectivity index is 2.40. The van der Waals surface area contributed by atoms with Gasteiger partial charge < -0.3 is 4.74 Å². The summed E-state index contributed by atoms with van der Waals surface area (Å²) in [6.45, 7) is 3.70. The molecule has 1 heterocycles. The first-order chi connectivity index (χ1) is 9.01. The molecule has 0 spiro atoms. The van der Waals surface area contributed by atoms with E-state index in [0.717, 1.165) is 0 Å². The van der Waals surface area contributed by atoms with E-state index in [9.17, 15) is 4.39 Å². The van der Waals surface area contributed by atoms with Crippen LogP contribution >= 0.6 is 27.5 Å². The summed E-state index contributed by atoms with van der Waals surface area (Å²) < 4.78 is 19.2. The molecule has 19 heavy (non-hydrogen) atoms. The highest BCUT2D eigenvalue weighted by molar-refractivity contribution is 9.10. The number of benzene rings is 1. The average molecular weight is 346 g/mol. The van der Waals surface area contributed by atoms with Crippen molar-refractivity contribution in [3.05, 3.63) is 45.0 Å². The van der Waals surface area contributed by atoms with Gasteiger partial charge in [-0.1, -0.05) is 18.5 Å². The number of hydrogen-bond acceptors (Lipinski definition) is 3. The van der Waals surface area contributed by atoms with Crippen LogP contribution in [0.5, 0.6) is 11.6 Å². The van der Waals surface area contributed by atoms with Crippen molar-refractivity contribution in [3.63, 3.8) is 0 Å².